The van der Waals surface area contributed by atoms with Gasteiger partial charge in [0.05, 0.1) is 11.4 Å². The molecule has 3 rings (SSSR count). The molecule has 1 saturated heterocycles. The molecule has 8 heteroatoms. The van der Waals surface area contributed by atoms with Gasteiger partial charge in [-0.2, -0.15) is 0 Å². The lowest BCUT2D eigenvalue weighted by molar-refractivity contribution is 0.0139. The normalized spacial score (nSPS) is 24.5. The Hall–Kier alpha value is -2.61. The smallest absolute Gasteiger partial charge is 0.410 e. The largest absolute Gasteiger partial charge is 0.444 e. The molecule has 3 heterocycles. The van der Waals surface area contributed by atoms with E-state index in [0.717, 1.165) is 29.2 Å². The van der Waals surface area contributed by atoms with Crippen molar-refractivity contribution in [1.29, 1.82) is 0 Å². The van der Waals surface area contributed by atoms with E-state index in [1.54, 1.807) is 11.2 Å². The van der Waals surface area contributed by atoms with Crippen LogP contribution in [0.1, 0.15) is 39.7 Å². The number of aliphatic imine (C=N–C) groups is 2. The molecule has 1 aromatic heterocycles. The molecular formula is C19H28N6O2. The van der Waals surface area contributed by atoms with Crippen LogP contribution in [-0.4, -0.2) is 52.7 Å². The SMILES string of the molecule is C=N/C(=C1/c2cc[nH]c2N=CN1N)C1CN(C(=O)OC(C)(C)C)CCC1C. The van der Waals surface area contributed by atoms with E-state index in [-0.39, 0.29) is 12.0 Å². The molecule has 2 atom stereocenters. The third-order valence-electron chi connectivity index (χ3n) is 4.92. The zero-order chi connectivity index (χ0) is 19.8. The lowest BCUT2D eigenvalue weighted by Gasteiger charge is -2.39. The van der Waals surface area contributed by atoms with Crippen molar-refractivity contribution in [3.63, 3.8) is 0 Å². The maximum Gasteiger partial charge on any atom is 0.410 e. The van der Waals surface area contributed by atoms with Crippen molar-refractivity contribution in [3.05, 3.63) is 23.5 Å². The van der Waals surface area contributed by atoms with Crippen LogP contribution in [0.5, 0.6) is 0 Å². The van der Waals surface area contributed by atoms with Crippen LogP contribution < -0.4 is 5.84 Å². The van der Waals surface area contributed by atoms with Crippen molar-refractivity contribution in [1.82, 2.24) is 14.9 Å². The summed E-state index contributed by atoms with van der Waals surface area (Å²) in [4.78, 5) is 26.0. The van der Waals surface area contributed by atoms with Crippen LogP contribution in [0.15, 0.2) is 27.9 Å². The van der Waals surface area contributed by atoms with E-state index in [2.05, 4.69) is 28.6 Å². The number of ether oxygens (including phenoxy) is 1. The van der Waals surface area contributed by atoms with E-state index < -0.39 is 5.60 Å². The molecule has 0 aliphatic carbocycles. The van der Waals surface area contributed by atoms with Gasteiger partial charge in [0.25, 0.3) is 0 Å². The monoisotopic (exact) mass is 372 g/mol. The number of rotatable bonds is 2. The number of hydrogen-bond donors (Lipinski definition) is 2. The summed E-state index contributed by atoms with van der Waals surface area (Å²) < 4.78 is 5.55. The van der Waals surface area contributed by atoms with Gasteiger partial charge in [-0.05, 0) is 45.9 Å². The second-order valence-electron chi connectivity index (χ2n) is 8.08. The molecule has 0 spiro atoms. The first-order chi connectivity index (χ1) is 12.7. The predicted molar refractivity (Wildman–Crippen MR) is 107 cm³/mol. The van der Waals surface area contributed by atoms with Crippen molar-refractivity contribution in [2.45, 2.75) is 39.7 Å². The van der Waals surface area contributed by atoms with E-state index in [4.69, 9.17) is 10.6 Å². The highest BCUT2D eigenvalue weighted by molar-refractivity contribution is 5.87. The Bertz CT molecular complexity index is 788. The van der Waals surface area contributed by atoms with Gasteiger partial charge in [-0.3, -0.25) is 10.0 Å². The number of hydrazine groups is 1. The average molecular weight is 372 g/mol. The maximum atomic E-state index is 12.6. The van der Waals surface area contributed by atoms with Gasteiger partial charge in [0.1, 0.15) is 17.8 Å². The second-order valence-corrected chi connectivity index (χ2v) is 8.08. The summed E-state index contributed by atoms with van der Waals surface area (Å²) >= 11 is 0. The summed E-state index contributed by atoms with van der Waals surface area (Å²) in [7, 11) is 0. The molecule has 27 heavy (non-hydrogen) atoms. The van der Waals surface area contributed by atoms with Gasteiger partial charge < -0.3 is 14.6 Å². The van der Waals surface area contributed by atoms with Crippen LogP contribution in [0.25, 0.3) is 5.70 Å². The van der Waals surface area contributed by atoms with Crippen LogP contribution in [0.2, 0.25) is 0 Å². The number of aromatic nitrogens is 1. The molecule has 2 aliphatic rings. The first kappa shape index (κ1) is 19.2. The standard InChI is InChI=1S/C19H28N6O2/c1-12-7-9-24(18(26)27-19(2,3)4)10-14(12)15(21-5)16-13-6-8-22-17(13)23-11-25(16)20/h6,8,11-12,14,22H,5,7,9-10,20H2,1-4H3/b16-15-. The van der Waals surface area contributed by atoms with E-state index in [1.165, 1.54) is 5.01 Å². The molecule has 1 amide bonds. The topological polar surface area (TPSA) is 99.3 Å². The minimum atomic E-state index is -0.526. The second kappa shape index (κ2) is 7.19. The number of aromatic amines is 1. The number of carbonyl (C=O) groups excluding carboxylic acids is 1. The summed E-state index contributed by atoms with van der Waals surface area (Å²) in [5.41, 5.74) is 1.88. The quantitative estimate of drug-likeness (QED) is 0.615. The fourth-order valence-electron chi connectivity index (χ4n) is 3.53. The van der Waals surface area contributed by atoms with Crippen LogP contribution >= 0.6 is 0 Å². The molecule has 8 nitrogen and oxygen atoms in total. The van der Waals surface area contributed by atoms with Gasteiger partial charge in [0.2, 0.25) is 0 Å². The van der Waals surface area contributed by atoms with Crippen molar-refractivity contribution >= 4 is 30.7 Å². The molecule has 0 bridgehead atoms. The van der Waals surface area contributed by atoms with E-state index in [9.17, 15) is 4.79 Å². The van der Waals surface area contributed by atoms with E-state index >= 15 is 0 Å². The Morgan fingerprint density at radius 1 is 1.48 bits per heavy atom. The molecule has 2 unspecified atom stereocenters. The lowest BCUT2D eigenvalue weighted by Crippen LogP contribution is -2.46. The number of likely N-dealkylation sites (tertiary alicyclic amines) is 1. The minimum Gasteiger partial charge on any atom is -0.444 e. The minimum absolute atomic E-state index is 0.000863. The van der Waals surface area contributed by atoms with Crippen molar-refractivity contribution in [2.24, 2.45) is 27.7 Å². The Morgan fingerprint density at radius 3 is 2.89 bits per heavy atom. The number of carbonyl (C=O) groups is 1. The molecule has 1 aromatic rings. The Balaban J connectivity index is 1.93. The average Bonchev–Trinajstić information content (AvgIpc) is 3.05. The Morgan fingerprint density at radius 2 is 2.22 bits per heavy atom. The predicted octanol–water partition coefficient (Wildman–Crippen LogP) is 3.13. The number of nitrogens with two attached hydrogens (primary N) is 1. The van der Waals surface area contributed by atoms with Gasteiger partial charge in [0, 0.05) is 30.8 Å². The Labute approximate surface area is 159 Å². The number of nitrogens with one attached hydrogen (secondary N) is 1. The highest BCUT2D eigenvalue weighted by Crippen LogP contribution is 2.39. The highest BCUT2D eigenvalue weighted by Gasteiger charge is 2.36. The fraction of sp³-hybridized carbons (Fsp3) is 0.526. The summed E-state index contributed by atoms with van der Waals surface area (Å²) in [6.45, 7) is 12.7. The van der Waals surface area contributed by atoms with Crippen molar-refractivity contribution in [2.75, 3.05) is 13.1 Å². The van der Waals surface area contributed by atoms with Crippen LogP contribution in [0.4, 0.5) is 10.6 Å². The highest BCUT2D eigenvalue weighted by atomic mass is 16.6. The molecule has 0 radical (unpaired) electrons. The van der Waals surface area contributed by atoms with Gasteiger partial charge in [-0.15, -0.1) is 0 Å². The third kappa shape index (κ3) is 3.90. The van der Waals surface area contributed by atoms with Crippen molar-refractivity contribution in [3.8, 4) is 0 Å². The molecule has 0 saturated carbocycles. The number of H-pyrrole nitrogens is 1. The van der Waals surface area contributed by atoms with Gasteiger partial charge in [0.15, 0.2) is 0 Å². The summed E-state index contributed by atoms with van der Waals surface area (Å²) in [6.07, 6.45) is 3.93. The molecular weight excluding hydrogens is 344 g/mol. The van der Waals surface area contributed by atoms with E-state index in [0.29, 0.717) is 19.0 Å². The number of piperidine rings is 1. The van der Waals surface area contributed by atoms with Gasteiger partial charge in [-0.25, -0.2) is 15.6 Å². The van der Waals surface area contributed by atoms with Crippen LogP contribution in [0.3, 0.4) is 0 Å². The molecule has 2 aliphatic heterocycles. The zero-order valence-electron chi connectivity index (χ0n) is 16.4. The summed E-state index contributed by atoms with van der Waals surface area (Å²) in [6, 6.07) is 1.92. The Kier molecular flexibility index (Phi) is 5.10. The lowest BCUT2D eigenvalue weighted by atomic mass is 9.83. The fourth-order valence-corrected chi connectivity index (χ4v) is 3.53. The van der Waals surface area contributed by atoms with Crippen molar-refractivity contribution < 1.29 is 9.53 Å². The van der Waals surface area contributed by atoms with Gasteiger partial charge in [-0.1, -0.05) is 6.92 Å². The maximum absolute atomic E-state index is 12.6. The molecule has 146 valence electrons. The number of hydrogen-bond acceptors (Lipinski definition) is 6. The number of fused-ring (bicyclic) bond motifs is 1. The third-order valence-corrected chi connectivity index (χ3v) is 4.92. The van der Waals surface area contributed by atoms with Gasteiger partial charge >= 0.3 is 6.09 Å². The number of amides is 1. The van der Waals surface area contributed by atoms with Crippen LogP contribution in [0, 0.1) is 11.8 Å². The molecule has 0 aromatic carbocycles. The van der Waals surface area contributed by atoms with E-state index in [1.807, 2.05) is 33.0 Å². The first-order valence-electron chi connectivity index (χ1n) is 9.16. The molecule has 1 fully saturated rings. The van der Waals surface area contributed by atoms with Crippen LogP contribution in [-0.2, 0) is 4.74 Å². The summed E-state index contributed by atoms with van der Waals surface area (Å²) in [5, 5.41) is 1.47. The first-order valence-corrected chi connectivity index (χ1v) is 9.16. The zero-order valence-corrected chi connectivity index (χ0v) is 16.4. The number of nitrogens with zero attached hydrogens (tertiary/aromatic N) is 4. The summed E-state index contributed by atoms with van der Waals surface area (Å²) in [5.74, 6) is 7.24. The molecule has 3 N–H and O–H groups in total.